The zero-order valence-corrected chi connectivity index (χ0v) is 34.1. The number of β-lactam (4-membered cyclic amide) rings is 1. The Hall–Kier alpha value is -3.91. The number of nitrogens with one attached hydrogen (secondary N) is 2. The SMILES string of the molecule is COc1ccc(COC(=O)C2=C(CI)CS[C@@H]3[C@H](NC(=O)/C(=N\OC(C)(C)C(=O)OC(C)(C)C)c4csc(NC(=O)OC(C)(C)C)n4)C(=O)N23)cc1. The molecule has 2 aliphatic heterocycles. The molecule has 0 saturated carbocycles. The summed E-state index contributed by atoms with van der Waals surface area (Å²) in [4.78, 5) is 77.3. The normalized spacial score (nSPS) is 17.8. The van der Waals surface area contributed by atoms with Crippen LogP contribution in [0.5, 0.6) is 5.75 Å². The van der Waals surface area contributed by atoms with E-state index in [1.54, 1.807) is 72.9 Å². The maximum Gasteiger partial charge on any atom is 0.413 e. The van der Waals surface area contributed by atoms with Crippen molar-refractivity contribution in [3.63, 3.8) is 0 Å². The van der Waals surface area contributed by atoms with Crippen LogP contribution in [-0.2, 0) is 44.8 Å². The fraction of sp³-hybridized carbons (Fsp3) is 0.500. The van der Waals surface area contributed by atoms with Gasteiger partial charge in [-0.1, -0.05) is 39.9 Å². The summed E-state index contributed by atoms with van der Waals surface area (Å²) in [6, 6.07) is 6.01. The summed E-state index contributed by atoms with van der Waals surface area (Å²) in [6.45, 7) is 13.1. The largest absolute Gasteiger partial charge is 0.497 e. The summed E-state index contributed by atoms with van der Waals surface area (Å²) < 4.78 is 22.0. The average molecular weight is 872 g/mol. The van der Waals surface area contributed by atoms with Crippen molar-refractivity contribution in [2.75, 3.05) is 22.6 Å². The van der Waals surface area contributed by atoms with Crippen LogP contribution in [-0.4, -0.2) is 91.0 Å². The number of oxime groups is 1. The maximum atomic E-state index is 13.9. The molecule has 0 bridgehead atoms. The molecule has 0 radical (unpaired) electrons. The fourth-order valence-electron chi connectivity index (χ4n) is 4.56. The monoisotopic (exact) mass is 871 g/mol. The van der Waals surface area contributed by atoms with Gasteiger partial charge in [-0.15, -0.1) is 23.1 Å². The molecule has 52 heavy (non-hydrogen) atoms. The molecule has 18 heteroatoms. The predicted octanol–water partition coefficient (Wildman–Crippen LogP) is 5.17. The quantitative estimate of drug-likeness (QED) is 0.0544. The molecule has 1 aromatic heterocycles. The van der Waals surface area contributed by atoms with Crippen LogP contribution < -0.4 is 15.4 Å². The van der Waals surface area contributed by atoms with Gasteiger partial charge in [0.05, 0.1) is 7.11 Å². The Morgan fingerprint density at radius 1 is 1.02 bits per heavy atom. The highest BCUT2D eigenvalue weighted by atomic mass is 127. The Morgan fingerprint density at radius 3 is 2.27 bits per heavy atom. The highest BCUT2D eigenvalue weighted by Crippen LogP contribution is 2.41. The maximum absolute atomic E-state index is 13.9. The Bertz CT molecular complexity index is 1760. The number of carbonyl (C=O) groups excluding carboxylic acids is 5. The minimum Gasteiger partial charge on any atom is -0.497 e. The number of rotatable bonds is 12. The standard InChI is InChI=1S/C34H42IN5O10S2/c1-32(2,3)48-29(44)34(7,8)50-39-22(21-17-52-30(36-21)38-31(45)49-33(4,5)6)25(41)37-23-26(42)40-24(19(14-35)16-51-27(23)40)28(43)47-15-18-10-12-20(46-9)13-11-18/h10-13,17,23,27H,14-16H2,1-9H3,(H,37,41)(H,36,38,45)/b39-22-/t23-,27-/m1/s1. The molecule has 15 nitrogen and oxygen atoms in total. The molecule has 2 atom stereocenters. The van der Waals surface area contributed by atoms with Gasteiger partial charge in [0.15, 0.2) is 10.8 Å². The van der Waals surface area contributed by atoms with E-state index in [0.717, 1.165) is 22.5 Å². The topological polar surface area (TPSA) is 184 Å². The second-order valence-corrected chi connectivity index (χ2v) is 16.8. The van der Waals surface area contributed by atoms with Crippen molar-refractivity contribution in [1.82, 2.24) is 15.2 Å². The van der Waals surface area contributed by atoms with E-state index >= 15 is 0 Å². The number of alkyl halides is 1. The molecule has 1 saturated heterocycles. The van der Waals surface area contributed by atoms with E-state index in [4.69, 9.17) is 23.8 Å². The third-order valence-electron chi connectivity index (χ3n) is 7.04. The van der Waals surface area contributed by atoms with Crippen molar-refractivity contribution in [3.8, 4) is 5.75 Å². The number of carbonyl (C=O) groups is 5. The molecule has 0 spiro atoms. The highest BCUT2D eigenvalue weighted by Gasteiger charge is 2.54. The number of aromatic nitrogens is 1. The van der Waals surface area contributed by atoms with Gasteiger partial charge < -0.3 is 29.1 Å². The van der Waals surface area contributed by atoms with Crippen LogP contribution in [0.1, 0.15) is 66.6 Å². The van der Waals surface area contributed by atoms with E-state index in [0.29, 0.717) is 15.9 Å². The summed E-state index contributed by atoms with van der Waals surface area (Å²) in [5.41, 5.74) is -1.98. The van der Waals surface area contributed by atoms with Gasteiger partial charge in [0.1, 0.15) is 46.4 Å². The first kappa shape index (κ1) is 40.9. The second kappa shape index (κ2) is 16.4. The number of fused-ring (bicyclic) bond motifs is 1. The van der Waals surface area contributed by atoms with Crippen LogP contribution >= 0.6 is 45.7 Å². The summed E-state index contributed by atoms with van der Waals surface area (Å²) in [7, 11) is 1.56. The number of hydrogen-bond acceptors (Lipinski definition) is 14. The zero-order chi connectivity index (χ0) is 38.6. The molecule has 1 aromatic carbocycles. The zero-order valence-electron chi connectivity index (χ0n) is 30.3. The Morgan fingerprint density at radius 2 is 1.67 bits per heavy atom. The van der Waals surface area contributed by atoms with Gasteiger partial charge in [-0.2, -0.15) is 0 Å². The molecular weight excluding hydrogens is 829 g/mol. The van der Waals surface area contributed by atoms with E-state index in [2.05, 4.69) is 43.4 Å². The number of thioether (sulfide) groups is 1. The summed E-state index contributed by atoms with van der Waals surface area (Å²) in [5.74, 6) is -1.67. The van der Waals surface area contributed by atoms with E-state index in [1.807, 2.05) is 0 Å². The number of hydrogen-bond donors (Lipinski definition) is 2. The second-order valence-electron chi connectivity index (χ2n) is 14.1. The lowest BCUT2D eigenvalue weighted by Crippen LogP contribution is -2.71. The van der Waals surface area contributed by atoms with Crippen LogP contribution in [0.15, 0.2) is 46.1 Å². The fourth-order valence-corrected chi connectivity index (χ4v) is 7.58. The van der Waals surface area contributed by atoms with Crippen LogP contribution in [0.25, 0.3) is 0 Å². The Balaban J connectivity index is 1.54. The van der Waals surface area contributed by atoms with Gasteiger partial charge >= 0.3 is 18.0 Å². The first-order chi connectivity index (χ1) is 24.2. The van der Waals surface area contributed by atoms with Crippen molar-refractivity contribution in [3.05, 3.63) is 52.2 Å². The molecule has 2 N–H and O–H groups in total. The van der Waals surface area contributed by atoms with Gasteiger partial charge in [-0.05, 0) is 78.7 Å². The van der Waals surface area contributed by atoms with Crippen molar-refractivity contribution < 1.29 is 47.8 Å². The van der Waals surface area contributed by atoms with Crippen molar-refractivity contribution >= 4 is 86.4 Å². The van der Waals surface area contributed by atoms with Gasteiger partial charge in [0.25, 0.3) is 11.8 Å². The molecule has 3 amide bonds. The Labute approximate surface area is 323 Å². The molecule has 4 rings (SSSR count). The summed E-state index contributed by atoms with van der Waals surface area (Å²) >= 11 is 4.51. The smallest absolute Gasteiger partial charge is 0.413 e. The van der Waals surface area contributed by atoms with E-state index < -0.39 is 58.1 Å². The molecule has 0 unspecified atom stereocenters. The number of ether oxygens (including phenoxy) is 4. The molecule has 2 aromatic rings. The number of halogens is 1. The van der Waals surface area contributed by atoms with Gasteiger partial charge in [-0.3, -0.25) is 19.8 Å². The number of benzene rings is 1. The predicted molar refractivity (Wildman–Crippen MR) is 203 cm³/mol. The molecule has 0 aliphatic carbocycles. The van der Waals surface area contributed by atoms with Crippen molar-refractivity contribution in [2.24, 2.45) is 5.16 Å². The number of nitrogens with zero attached hydrogens (tertiary/aromatic N) is 3. The van der Waals surface area contributed by atoms with E-state index in [9.17, 15) is 24.0 Å². The molecular formula is C34H42IN5O10S2. The lowest BCUT2D eigenvalue weighted by molar-refractivity contribution is -0.179. The average Bonchev–Trinajstić information content (AvgIpc) is 3.51. The molecule has 282 valence electrons. The highest BCUT2D eigenvalue weighted by molar-refractivity contribution is 14.1. The van der Waals surface area contributed by atoms with Crippen LogP contribution in [0.2, 0.25) is 0 Å². The first-order valence-corrected chi connectivity index (χ1v) is 19.5. The molecule has 1 fully saturated rings. The summed E-state index contributed by atoms with van der Waals surface area (Å²) in [5, 5.41) is 10.2. The van der Waals surface area contributed by atoms with Crippen molar-refractivity contribution in [1.29, 1.82) is 0 Å². The van der Waals surface area contributed by atoms with E-state index in [1.165, 1.54) is 35.9 Å². The minimum atomic E-state index is -1.63. The third kappa shape index (κ3) is 10.4. The number of anilines is 1. The number of esters is 2. The molecule has 2 aliphatic rings. The van der Waals surface area contributed by atoms with Crippen LogP contribution in [0.4, 0.5) is 9.93 Å². The molecule has 3 heterocycles. The van der Waals surface area contributed by atoms with Gasteiger partial charge in [0.2, 0.25) is 5.60 Å². The number of amides is 3. The van der Waals surface area contributed by atoms with Gasteiger partial charge in [0, 0.05) is 15.6 Å². The number of thiazole rings is 1. The summed E-state index contributed by atoms with van der Waals surface area (Å²) in [6.07, 6.45) is -0.759. The van der Waals surface area contributed by atoms with Gasteiger partial charge in [-0.25, -0.2) is 19.4 Å². The lowest BCUT2D eigenvalue weighted by atomic mass is 10.0. The third-order valence-corrected chi connectivity index (χ3v) is 10.1. The number of methoxy groups -OCH3 is 1. The van der Waals surface area contributed by atoms with Crippen LogP contribution in [0.3, 0.4) is 0 Å². The van der Waals surface area contributed by atoms with Crippen molar-refractivity contribution in [2.45, 2.75) is 90.2 Å². The Kier molecular flexibility index (Phi) is 12.9. The minimum absolute atomic E-state index is 0.0108. The first-order valence-electron chi connectivity index (χ1n) is 16.0. The van der Waals surface area contributed by atoms with Crippen LogP contribution in [0, 0.1) is 0 Å². The lowest BCUT2D eigenvalue weighted by Gasteiger charge is -2.49. The van der Waals surface area contributed by atoms with E-state index in [-0.39, 0.29) is 28.8 Å².